The molecule has 21 heavy (non-hydrogen) atoms. The standard InChI is InChI=1S/C17H23N3O/c1-4-20(12-14-7-5-8-15(18)11-14)17-16(21-13(2)3)9-6-10-19-17/h5-11,13H,4,12,18H2,1-3H3. The summed E-state index contributed by atoms with van der Waals surface area (Å²) < 4.78 is 5.86. The summed E-state index contributed by atoms with van der Waals surface area (Å²) in [5, 5.41) is 0. The average Bonchev–Trinajstić information content (AvgIpc) is 2.45. The minimum absolute atomic E-state index is 0.124. The van der Waals surface area contributed by atoms with Crippen molar-refractivity contribution in [2.45, 2.75) is 33.4 Å². The van der Waals surface area contributed by atoms with Crippen LogP contribution >= 0.6 is 0 Å². The summed E-state index contributed by atoms with van der Waals surface area (Å²) in [6, 6.07) is 11.8. The molecule has 0 fully saturated rings. The van der Waals surface area contributed by atoms with Crippen LogP contribution in [0.4, 0.5) is 11.5 Å². The predicted molar refractivity (Wildman–Crippen MR) is 87.6 cm³/mol. The molecule has 0 radical (unpaired) electrons. The van der Waals surface area contributed by atoms with Crippen molar-refractivity contribution >= 4 is 11.5 Å². The Kier molecular flexibility index (Phi) is 5.04. The van der Waals surface area contributed by atoms with Gasteiger partial charge >= 0.3 is 0 Å². The van der Waals surface area contributed by atoms with Gasteiger partial charge in [0.25, 0.3) is 0 Å². The van der Waals surface area contributed by atoms with Gasteiger partial charge in [0.1, 0.15) is 0 Å². The van der Waals surface area contributed by atoms with Gasteiger partial charge in [0.15, 0.2) is 11.6 Å². The molecular formula is C17H23N3O. The van der Waals surface area contributed by atoms with Crippen molar-refractivity contribution in [1.82, 2.24) is 4.98 Å². The summed E-state index contributed by atoms with van der Waals surface area (Å²) in [4.78, 5) is 6.68. The van der Waals surface area contributed by atoms with Crippen LogP contribution in [-0.2, 0) is 6.54 Å². The first-order valence-corrected chi connectivity index (χ1v) is 7.31. The highest BCUT2D eigenvalue weighted by Gasteiger charge is 2.13. The molecule has 1 aromatic carbocycles. The number of rotatable bonds is 6. The molecule has 0 aliphatic rings. The smallest absolute Gasteiger partial charge is 0.171 e. The van der Waals surface area contributed by atoms with E-state index in [0.717, 1.165) is 35.9 Å². The fourth-order valence-corrected chi connectivity index (χ4v) is 2.21. The number of nitrogens with zero attached hydrogens (tertiary/aromatic N) is 2. The molecule has 0 aliphatic carbocycles. The molecule has 0 aliphatic heterocycles. The molecule has 0 unspecified atom stereocenters. The highest BCUT2D eigenvalue weighted by molar-refractivity contribution is 5.53. The maximum absolute atomic E-state index is 5.86. The van der Waals surface area contributed by atoms with Crippen molar-refractivity contribution in [3.63, 3.8) is 0 Å². The number of nitrogens with two attached hydrogens (primary N) is 1. The maximum atomic E-state index is 5.86. The Morgan fingerprint density at radius 2 is 2.05 bits per heavy atom. The molecule has 0 saturated heterocycles. The van der Waals surface area contributed by atoms with Gasteiger partial charge in [-0.05, 0) is 50.6 Å². The van der Waals surface area contributed by atoms with E-state index in [0.29, 0.717) is 0 Å². The molecule has 0 spiro atoms. The Labute approximate surface area is 126 Å². The Hall–Kier alpha value is -2.23. The van der Waals surface area contributed by atoms with E-state index in [1.807, 2.05) is 44.2 Å². The maximum Gasteiger partial charge on any atom is 0.171 e. The minimum atomic E-state index is 0.124. The van der Waals surface area contributed by atoms with Crippen molar-refractivity contribution in [3.05, 3.63) is 48.2 Å². The van der Waals surface area contributed by atoms with Crippen LogP contribution in [0, 0.1) is 0 Å². The number of pyridine rings is 1. The third kappa shape index (κ3) is 4.12. The largest absolute Gasteiger partial charge is 0.487 e. The lowest BCUT2D eigenvalue weighted by Crippen LogP contribution is -2.24. The van der Waals surface area contributed by atoms with Gasteiger partial charge in [0.05, 0.1) is 6.10 Å². The molecule has 4 nitrogen and oxygen atoms in total. The third-order valence-corrected chi connectivity index (χ3v) is 3.12. The van der Waals surface area contributed by atoms with Gasteiger partial charge in [-0.15, -0.1) is 0 Å². The van der Waals surface area contributed by atoms with E-state index in [1.165, 1.54) is 0 Å². The monoisotopic (exact) mass is 285 g/mol. The number of nitrogen functional groups attached to an aromatic ring is 1. The van der Waals surface area contributed by atoms with Gasteiger partial charge < -0.3 is 15.4 Å². The van der Waals surface area contributed by atoms with E-state index < -0.39 is 0 Å². The molecule has 1 aromatic heterocycles. The Balaban J connectivity index is 2.25. The average molecular weight is 285 g/mol. The van der Waals surface area contributed by atoms with Crippen LogP contribution in [0.2, 0.25) is 0 Å². The molecule has 0 atom stereocenters. The fraction of sp³-hybridized carbons (Fsp3) is 0.353. The molecule has 0 bridgehead atoms. The first-order valence-electron chi connectivity index (χ1n) is 7.31. The zero-order chi connectivity index (χ0) is 15.2. The second-order valence-electron chi connectivity index (χ2n) is 5.25. The quantitative estimate of drug-likeness (QED) is 0.826. The summed E-state index contributed by atoms with van der Waals surface area (Å²) in [5.41, 5.74) is 7.80. The van der Waals surface area contributed by atoms with Crippen LogP contribution in [0.25, 0.3) is 0 Å². The van der Waals surface area contributed by atoms with Crippen LogP contribution in [-0.4, -0.2) is 17.6 Å². The van der Waals surface area contributed by atoms with Crippen LogP contribution < -0.4 is 15.4 Å². The fourth-order valence-electron chi connectivity index (χ4n) is 2.21. The number of ether oxygens (including phenoxy) is 1. The summed E-state index contributed by atoms with van der Waals surface area (Å²) >= 11 is 0. The molecular weight excluding hydrogens is 262 g/mol. The van der Waals surface area contributed by atoms with Crippen LogP contribution in [0.15, 0.2) is 42.6 Å². The highest BCUT2D eigenvalue weighted by Crippen LogP contribution is 2.27. The number of hydrogen-bond donors (Lipinski definition) is 1. The van der Waals surface area contributed by atoms with Crippen molar-refractivity contribution in [1.29, 1.82) is 0 Å². The molecule has 2 rings (SSSR count). The van der Waals surface area contributed by atoms with E-state index in [1.54, 1.807) is 6.20 Å². The minimum Gasteiger partial charge on any atom is -0.487 e. The lowest BCUT2D eigenvalue weighted by molar-refractivity contribution is 0.242. The van der Waals surface area contributed by atoms with Crippen LogP contribution in [0.1, 0.15) is 26.3 Å². The van der Waals surface area contributed by atoms with Crippen molar-refractivity contribution in [3.8, 4) is 5.75 Å². The molecule has 1 heterocycles. The SMILES string of the molecule is CCN(Cc1cccc(N)c1)c1ncccc1OC(C)C. The topological polar surface area (TPSA) is 51.4 Å². The van der Waals surface area contributed by atoms with Gasteiger partial charge in [-0.1, -0.05) is 12.1 Å². The second kappa shape index (κ2) is 6.97. The predicted octanol–water partition coefficient (Wildman–Crippen LogP) is 3.48. The van der Waals surface area contributed by atoms with Crippen molar-refractivity contribution < 1.29 is 4.74 Å². The lowest BCUT2D eigenvalue weighted by atomic mass is 10.2. The van der Waals surface area contributed by atoms with E-state index in [9.17, 15) is 0 Å². The molecule has 2 aromatic rings. The molecule has 2 N–H and O–H groups in total. The van der Waals surface area contributed by atoms with Crippen molar-refractivity contribution in [2.24, 2.45) is 0 Å². The first kappa shape index (κ1) is 15.2. The number of anilines is 2. The zero-order valence-electron chi connectivity index (χ0n) is 12.9. The van der Waals surface area contributed by atoms with Crippen molar-refractivity contribution in [2.75, 3.05) is 17.2 Å². The van der Waals surface area contributed by atoms with Gasteiger partial charge in [-0.25, -0.2) is 4.98 Å². The molecule has 0 amide bonds. The Morgan fingerprint density at radius 1 is 1.24 bits per heavy atom. The van der Waals surface area contributed by atoms with Crippen LogP contribution in [0.5, 0.6) is 5.75 Å². The number of hydrogen-bond acceptors (Lipinski definition) is 4. The Bertz CT molecular complexity index is 584. The number of aromatic nitrogens is 1. The third-order valence-electron chi connectivity index (χ3n) is 3.12. The van der Waals surface area contributed by atoms with Gasteiger partial charge in [-0.2, -0.15) is 0 Å². The van der Waals surface area contributed by atoms with Gasteiger partial charge in [0.2, 0.25) is 0 Å². The van der Waals surface area contributed by atoms with E-state index in [-0.39, 0.29) is 6.10 Å². The summed E-state index contributed by atoms with van der Waals surface area (Å²) in [6.45, 7) is 7.75. The van der Waals surface area contributed by atoms with E-state index in [2.05, 4.69) is 22.9 Å². The summed E-state index contributed by atoms with van der Waals surface area (Å²) in [5.74, 6) is 1.69. The van der Waals surface area contributed by atoms with Crippen LogP contribution in [0.3, 0.4) is 0 Å². The lowest BCUT2D eigenvalue weighted by Gasteiger charge is -2.25. The zero-order valence-corrected chi connectivity index (χ0v) is 12.9. The number of benzene rings is 1. The van der Waals surface area contributed by atoms with Gasteiger partial charge in [-0.3, -0.25) is 0 Å². The first-order chi connectivity index (χ1) is 10.1. The second-order valence-corrected chi connectivity index (χ2v) is 5.25. The molecule has 0 saturated carbocycles. The van der Waals surface area contributed by atoms with E-state index >= 15 is 0 Å². The summed E-state index contributed by atoms with van der Waals surface area (Å²) in [7, 11) is 0. The summed E-state index contributed by atoms with van der Waals surface area (Å²) in [6.07, 6.45) is 1.92. The molecule has 112 valence electrons. The van der Waals surface area contributed by atoms with Gasteiger partial charge in [0, 0.05) is 25.0 Å². The molecule has 4 heteroatoms. The normalized spacial score (nSPS) is 10.7. The highest BCUT2D eigenvalue weighted by atomic mass is 16.5. The van der Waals surface area contributed by atoms with E-state index in [4.69, 9.17) is 10.5 Å². The Morgan fingerprint density at radius 3 is 2.71 bits per heavy atom.